The van der Waals surface area contributed by atoms with Gasteiger partial charge in [-0.05, 0) is 54.9 Å². The zero-order valence-electron chi connectivity index (χ0n) is 18.5. The number of amides is 2. The maximum absolute atomic E-state index is 12.7. The second-order valence-corrected chi connectivity index (χ2v) is 8.96. The molecule has 0 saturated carbocycles. The van der Waals surface area contributed by atoms with Crippen molar-refractivity contribution < 1.29 is 14.3 Å². The number of carbonyl (C=O) groups is 2. The molecule has 0 unspecified atom stereocenters. The van der Waals surface area contributed by atoms with Crippen LogP contribution in [-0.4, -0.2) is 50.5 Å². The number of likely N-dealkylation sites (N-methyl/N-ethyl adjacent to an activating group) is 1. The first-order chi connectivity index (χ1) is 14.1. The highest BCUT2D eigenvalue weighted by Crippen LogP contribution is 2.37. The average Bonchev–Trinajstić information content (AvgIpc) is 2.69. The summed E-state index contributed by atoms with van der Waals surface area (Å²) in [6, 6.07) is 13.4. The van der Waals surface area contributed by atoms with Gasteiger partial charge in [-0.1, -0.05) is 39.0 Å². The second-order valence-electron chi connectivity index (χ2n) is 8.96. The summed E-state index contributed by atoms with van der Waals surface area (Å²) in [5.41, 5.74) is 3.37. The molecule has 0 aromatic heterocycles. The quantitative estimate of drug-likeness (QED) is 0.796. The van der Waals surface area contributed by atoms with Crippen LogP contribution >= 0.6 is 0 Å². The number of fused-ring (bicyclic) bond motifs is 1. The van der Waals surface area contributed by atoms with Gasteiger partial charge in [-0.3, -0.25) is 9.59 Å². The summed E-state index contributed by atoms with van der Waals surface area (Å²) < 4.78 is 5.64. The molecule has 0 radical (unpaired) electrons. The summed E-state index contributed by atoms with van der Waals surface area (Å²) >= 11 is 0. The van der Waals surface area contributed by atoms with Crippen molar-refractivity contribution in [1.29, 1.82) is 0 Å². The lowest BCUT2D eigenvalue weighted by atomic mass is 9.86. The molecule has 1 heterocycles. The highest BCUT2D eigenvalue weighted by atomic mass is 16.5. The van der Waals surface area contributed by atoms with Gasteiger partial charge in [0.05, 0.1) is 12.2 Å². The van der Waals surface area contributed by atoms with E-state index < -0.39 is 0 Å². The Morgan fingerprint density at radius 1 is 1.17 bits per heavy atom. The summed E-state index contributed by atoms with van der Waals surface area (Å²) in [5.74, 6) is 0.511. The van der Waals surface area contributed by atoms with Crippen LogP contribution in [0.3, 0.4) is 0 Å². The van der Waals surface area contributed by atoms with Crippen LogP contribution in [0.5, 0.6) is 5.75 Å². The highest BCUT2D eigenvalue weighted by molar-refractivity contribution is 5.98. The van der Waals surface area contributed by atoms with Gasteiger partial charge in [0.25, 0.3) is 11.8 Å². The van der Waals surface area contributed by atoms with Crippen molar-refractivity contribution in [1.82, 2.24) is 10.2 Å². The molecule has 0 atom stereocenters. The second kappa shape index (κ2) is 8.88. The number of nitrogens with one attached hydrogen (secondary N) is 1. The molecule has 160 valence electrons. The predicted molar refractivity (Wildman–Crippen MR) is 119 cm³/mol. The zero-order chi connectivity index (χ0) is 21.9. The molecular weight excluding hydrogens is 378 g/mol. The Labute approximate surface area is 178 Å². The highest BCUT2D eigenvalue weighted by Gasteiger charge is 2.27. The molecule has 3 rings (SSSR count). The van der Waals surface area contributed by atoms with Gasteiger partial charge in [0.15, 0.2) is 6.61 Å². The molecule has 0 aliphatic carbocycles. The molecule has 2 aromatic carbocycles. The molecule has 6 nitrogen and oxygen atoms in total. The van der Waals surface area contributed by atoms with E-state index in [-0.39, 0.29) is 23.8 Å². The first-order valence-corrected chi connectivity index (χ1v) is 10.2. The molecule has 0 bridgehead atoms. The molecular formula is C24H31N3O3. The van der Waals surface area contributed by atoms with Crippen molar-refractivity contribution in [2.45, 2.75) is 32.7 Å². The van der Waals surface area contributed by atoms with Gasteiger partial charge in [-0.2, -0.15) is 0 Å². The minimum Gasteiger partial charge on any atom is -0.482 e. The van der Waals surface area contributed by atoms with E-state index in [9.17, 15) is 9.59 Å². The van der Waals surface area contributed by atoms with E-state index in [1.54, 1.807) is 11.0 Å². The summed E-state index contributed by atoms with van der Waals surface area (Å²) in [4.78, 5) is 28.9. The molecule has 0 spiro atoms. The number of nitrogens with zero attached hydrogens (tertiary/aromatic N) is 2. The van der Waals surface area contributed by atoms with Gasteiger partial charge in [-0.15, -0.1) is 0 Å². The summed E-state index contributed by atoms with van der Waals surface area (Å²) in [6.45, 7) is 8.20. The summed E-state index contributed by atoms with van der Waals surface area (Å²) in [5, 5.41) is 2.93. The van der Waals surface area contributed by atoms with E-state index in [1.165, 1.54) is 0 Å². The molecule has 2 aromatic rings. The van der Waals surface area contributed by atoms with Gasteiger partial charge in [0.1, 0.15) is 5.75 Å². The van der Waals surface area contributed by atoms with E-state index in [0.29, 0.717) is 24.4 Å². The van der Waals surface area contributed by atoms with Crippen LogP contribution < -0.4 is 15.0 Å². The van der Waals surface area contributed by atoms with Gasteiger partial charge in [0.2, 0.25) is 0 Å². The van der Waals surface area contributed by atoms with Crippen LogP contribution in [0.2, 0.25) is 0 Å². The average molecular weight is 410 g/mol. The van der Waals surface area contributed by atoms with Crippen molar-refractivity contribution >= 4 is 17.5 Å². The van der Waals surface area contributed by atoms with Crippen LogP contribution in [-0.2, 0) is 16.8 Å². The SMILES string of the molecule is CN(C)CCNC(=O)c1cccc(CN2C(=O)COc3ccc(C(C)(C)C)cc32)c1. The van der Waals surface area contributed by atoms with E-state index >= 15 is 0 Å². The lowest BCUT2D eigenvalue weighted by Crippen LogP contribution is -2.38. The molecule has 1 aliphatic heterocycles. The predicted octanol–water partition coefficient (Wildman–Crippen LogP) is 3.20. The molecule has 30 heavy (non-hydrogen) atoms. The molecule has 0 fully saturated rings. The Balaban J connectivity index is 1.81. The third kappa shape index (κ3) is 5.19. The van der Waals surface area contributed by atoms with E-state index in [4.69, 9.17) is 4.74 Å². The van der Waals surface area contributed by atoms with Crippen molar-refractivity contribution in [3.05, 3.63) is 59.2 Å². The molecule has 2 amide bonds. The lowest BCUT2D eigenvalue weighted by Gasteiger charge is -2.31. The number of anilines is 1. The van der Waals surface area contributed by atoms with E-state index in [2.05, 4.69) is 26.1 Å². The van der Waals surface area contributed by atoms with Gasteiger partial charge in [-0.25, -0.2) is 0 Å². The lowest BCUT2D eigenvalue weighted by molar-refractivity contribution is -0.121. The minimum atomic E-state index is -0.109. The largest absolute Gasteiger partial charge is 0.482 e. The Kier molecular flexibility index (Phi) is 6.46. The van der Waals surface area contributed by atoms with Crippen molar-refractivity contribution in [3.8, 4) is 5.75 Å². The third-order valence-electron chi connectivity index (χ3n) is 5.14. The van der Waals surface area contributed by atoms with Crippen molar-refractivity contribution in [3.63, 3.8) is 0 Å². The van der Waals surface area contributed by atoms with Crippen LogP contribution in [0.4, 0.5) is 5.69 Å². The van der Waals surface area contributed by atoms with Crippen molar-refractivity contribution in [2.75, 3.05) is 38.7 Å². The maximum atomic E-state index is 12.7. The van der Waals surface area contributed by atoms with Crippen LogP contribution in [0.15, 0.2) is 42.5 Å². The Morgan fingerprint density at radius 3 is 2.63 bits per heavy atom. The zero-order valence-corrected chi connectivity index (χ0v) is 18.5. The van der Waals surface area contributed by atoms with Crippen LogP contribution in [0, 0.1) is 0 Å². The Bertz CT molecular complexity index is 932. The smallest absolute Gasteiger partial charge is 0.265 e. The first-order valence-electron chi connectivity index (χ1n) is 10.2. The van der Waals surface area contributed by atoms with Gasteiger partial charge >= 0.3 is 0 Å². The number of hydrogen-bond donors (Lipinski definition) is 1. The first kappa shape index (κ1) is 21.8. The third-order valence-corrected chi connectivity index (χ3v) is 5.14. The topological polar surface area (TPSA) is 61.9 Å². The minimum absolute atomic E-state index is 0.0204. The van der Waals surface area contributed by atoms with E-state index in [1.807, 2.05) is 55.4 Å². The molecule has 0 saturated heterocycles. The maximum Gasteiger partial charge on any atom is 0.265 e. The number of ether oxygens (including phenoxy) is 1. The van der Waals surface area contributed by atoms with Crippen molar-refractivity contribution in [2.24, 2.45) is 0 Å². The number of hydrogen-bond acceptors (Lipinski definition) is 4. The number of benzene rings is 2. The fourth-order valence-corrected chi connectivity index (χ4v) is 3.33. The monoisotopic (exact) mass is 409 g/mol. The van der Waals surface area contributed by atoms with Gasteiger partial charge < -0.3 is 19.9 Å². The molecule has 1 N–H and O–H groups in total. The molecule has 1 aliphatic rings. The standard InChI is InChI=1S/C24H31N3O3/c1-24(2,3)19-9-10-21-20(14-19)27(22(28)16-30-21)15-17-7-6-8-18(13-17)23(29)25-11-12-26(4)5/h6-10,13-14H,11-12,15-16H2,1-5H3,(H,25,29). The summed E-state index contributed by atoms with van der Waals surface area (Å²) in [7, 11) is 3.93. The Morgan fingerprint density at radius 2 is 1.93 bits per heavy atom. The van der Waals surface area contributed by atoms with Crippen LogP contribution in [0.25, 0.3) is 0 Å². The number of carbonyl (C=O) groups excluding carboxylic acids is 2. The molecule has 6 heteroatoms. The normalized spacial score (nSPS) is 13.8. The van der Waals surface area contributed by atoms with Crippen LogP contribution in [0.1, 0.15) is 42.3 Å². The van der Waals surface area contributed by atoms with E-state index in [0.717, 1.165) is 23.4 Å². The summed E-state index contributed by atoms with van der Waals surface area (Å²) in [6.07, 6.45) is 0. The van der Waals surface area contributed by atoms with Gasteiger partial charge in [0, 0.05) is 18.7 Å². The fraction of sp³-hybridized carbons (Fsp3) is 0.417. The Hall–Kier alpha value is -2.86. The fourth-order valence-electron chi connectivity index (χ4n) is 3.33. The number of rotatable bonds is 6.